The first kappa shape index (κ1) is 12.3. The van der Waals surface area contributed by atoms with Crippen LogP contribution in [0.1, 0.15) is 20.3 Å². The third-order valence-electron chi connectivity index (χ3n) is 3.96. The van der Waals surface area contributed by atoms with Crippen molar-refractivity contribution in [2.75, 3.05) is 13.2 Å². The Kier molecular flexibility index (Phi) is 3.33. The zero-order valence-corrected chi connectivity index (χ0v) is 10.3. The van der Waals surface area contributed by atoms with Gasteiger partial charge >= 0.3 is 0 Å². The van der Waals surface area contributed by atoms with Crippen LogP contribution in [-0.2, 0) is 9.59 Å². The number of imide groups is 1. The maximum Gasteiger partial charge on any atom is 0.233 e. The van der Waals surface area contributed by atoms with Crippen molar-refractivity contribution in [3.05, 3.63) is 12.2 Å². The van der Waals surface area contributed by atoms with Crippen LogP contribution in [0.4, 0.5) is 0 Å². The second kappa shape index (κ2) is 4.61. The van der Waals surface area contributed by atoms with Crippen LogP contribution in [0.25, 0.3) is 0 Å². The second-order valence-corrected chi connectivity index (χ2v) is 4.89. The minimum absolute atomic E-state index is 0.00852. The lowest BCUT2D eigenvalue weighted by Gasteiger charge is -2.29. The molecule has 0 bridgehead atoms. The van der Waals surface area contributed by atoms with Gasteiger partial charge in [-0.05, 0) is 25.2 Å². The molecular formula is C13H19NO3. The lowest BCUT2D eigenvalue weighted by atomic mass is 9.71. The molecule has 0 spiro atoms. The summed E-state index contributed by atoms with van der Waals surface area (Å²) in [7, 11) is 0. The summed E-state index contributed by atoms with van der Waals surface area (Å²) in [6.07, 6.45) is 4.55. The summed E-state index contributed by atoms with van der Waals surface area (Å²) < 4.78 is 0. The molecule has 2 aliphatic rings. The van der Waals surface area contributed by atoms with E-state index in [0.29, 0.717) is 13.0 Å². The highest BCUT2D eigenvalue weighted by atomic mass is 16.3. The van der Waals surface area contributed by atoms with Gasteiger partial charge in [-0.15, -0.1) is 0 Å². The number of nitrogens with zero attached hydrogens (tertiary/aromatic N) is 1. The monoisotopic (exact) mass is 237 g/mol. The van der Waals surface area contributed by atoms with Gasteiger partial charge in [0.25, 0.3) is 0 Å². The Morgan fingerprint density at radius 3 is 2.47 bits per heavy atom. The van der Waals surface area contributed by atoms with E-state index in [0.717, 1.165) is 0 Å². The molecule has 4 heteroatoms. The Hall–Kier alpha value is -1.16. The number of carbonyl (C=O) groups is 2. The lowest BCUT2D eigenvalue weighted by molar-refractivity contribution is -0.139. The van der Waals surface area contributed by atoms with E-state index >= 15 is 0 Å². The number of aliphatic hydroxyl groups is 1. The maximum atomic E-state index is 12.2. The maximum absolute atomic E-state index is 12.2. The topological polar surface area (TPSA) is 57.6 Å². The summed E-state index contributed by atoms with van der Waals surface area (Å²) in [4.78, 5) is 25.7. The van der Waals surface area contributed by atoms with Gasteiger partial charge in [-0.1, -0.05) is 19.1 Å². The molecule has 4 atom stereocenters. The van der Waals surface area contributed by atoms with Crippen molar-refractivity contribution in [2.24, 2.45) is 23.7 Å². The number of allylic oxidation sites excluding steroid dienone is 2. The highest BCUT2D eigenvalue weighted by Gasteiger charge is 2.52. The minimum Gasteiger partial charge on any atom is -0.396 e. The van der Waals surface area contributed by atoms with E-state index in [2.05, 4.69) is 0 Å². The van der Waals surface area contributed by atoms with Gasteiger partial charge in [0.15, 0.2) is 0 Å². The molecule has 17 heavy (non-hydrogen) atoms. The Morgan fingerprint density at radius 2 is 1.88 bits per heavy atom. The Labute approximate surface area is 101 Å². The number of hydrogen-bond donors (Lipinski definition) is 1. The van der Waals surface area contributed by atoms with Crippen LogP contribution in [0.5, 0.6) is 0 Å². The van der Waals surface area contributed by atoms with Gasteiger partial charge in [-0.2, -0.15) is 0 Å². The molecule has 2 rings (SSSR count). The third kappa shape index (κ3) is 1.80. The van der Waals surface area contributed by atoms with Crippen LogP contribution in [0.3, 0.4) is 0 Å². The standard InChI is InChI=1S/C13H19NO3/c1-3-14-12(16)10-8(2)4-5-9(6-7-15)11(10)13(14)17/h4-5,8-11,15H,3,6-7H2,1-2H3/t8-,9-,10-,11+/m0/s1. The Morgan fingerprint density at radius 1 is 1.24 bits per heavy atom. The average Bonchev–Trinajstić information content (AvgIpc) is 2.56. The highest BCUT2D eigenvalue weighted by Crippen LogP contribution is 2.42. The highest BCUT2D eigenvalue weighted by molar-refractivity contribution is 6.05. The smallest absolute Gasteiger partial charge is 0.233 e. The first-order chi connectivity index (χ1) is 8.11. The summed E-state index contributed by atoms with van der Waals surface area (Å²) in [6, 6.07) is 0. The number of carbonyl (C=O) groups excluding carboxylic acids is 2. The molecule has 1 N–H and O–H groups in total. The van der Waals surface area contributed by atoms with Crippen molar-refractivity contribution >= 4 is 11.8 Å². The van der Waals surface area contributed by atoms with Crippen LogP contribution >= 0.6 is 0 Å². The summed E-state index contributed by atoms with van der Waals surface area (Å²) in [5.41, 5.74) is 0. The van der Waals surface area contributed by atoms with Crippen molar-refractivity contribution in [1.82, 2.24) is 4.90 Å². The molecule has 0 saturated carbocycles. The largest absolute Gasteiger partial charge is 0.396 e. The summed E-state index contributed by atoms with van der Waals surface area (Å²) in [6.45, 7) is 4.31. The summed E-state index contributed by atoms with van der Waals surface area (Å²) in [5, 5.41) is 9.04. The van der Waals surface area contributed by atoms with Crippen LogP contribution in [0, 0.1) is 23.7 Å². The third-order valence-corrected chi connectivity index (χ3v) is 3.96. The minimum atomic E-state index is -0.255. The zero-order chi connectivity index (χ0) is 12.6. The van der Waals surface area contributed by atoms with Crippen LogP contribution < -0.4 is 0 Å². The molecule has 2 amide bonds. The number of amides is 2. The molecule has 1 aliphatic heterocycles. The van der Waals surface area contributed by atoms with E-state index in [4.69, 9.17) is 5.11 Å². The molecule has 0 aromatic heterocycles. The molecule has 94 valence electrons. The normalized spacial score (nSPS) is 36.5. The molecule has 1 heterocycles. The molecule has 0 aromatic carbocycles. The lowest BCUT2D eigenvalue weighted by Crippen LogP contribution is -2.33. The van der Waals surface area contributed by atoms with Gasteiger partial charge in [-0.3, -0.25) is 14.5 Å². The van der Waals surface area contributed by atoms with E-state index in [1.54, 1.807) is 0 Å². The number of fused-ring (bicyclic) bond motifs is 1. The van der Waals surface area contributed by atoms with E-state index in [-0.39, 0.29) is 42.1 Å². The van der Waals surface area contributed by atoms with Gasteiger partial charge in [0, 0.05) is 13.2 Å². The zero-order valence-electron chi connectivity index (χ0n) is 10.3. The summed E-state index contributed by atoms with van der Waals surface area (Å²) in [5.74, 6) is -0.449. The van der Waals surface area contributed by atoms with Crippen molar-refractivity contribution < 1.29 is 14.7 Å². The molecule has 1 fully saturated rings. The first-order valence-electron chi connectivity index (χ1n) is 6.26. The van der Waals surface area contributed by atoms with Gasteiger partial charge in [0.2, 0.25) is 11.8 Å². The van der Waals surface area contributed by atoms with Crippen molar-refractivity contribution in [1.29, 1.82) is 0 Å². The van der Waals surface area contributed by atoms with Gasteiger partial charge in [0.05, 0.1) is 11.8 Å². The van der Waals surface area contributed by atoms with E-state index < -0.39 is 0 Å². The molecule has 0 aromatic rings. The van der Waals surface area contributed by atoms with Crippen molar-refractivity contribution in [3.8, 4) is 0 Å². The molecule has 0 radical (unpaired) electrons. The van der Waals surface area contributed by atoms with Crippen LogP contribution in [-0.4, -0.2) is 35.0 Å². The van der Waals surface area contributed by atoms with Crippen molar-refractivity contribution in [3.63, 3.8) is 0 Å². The van der Waals surface area contributed by atoms with Gasteiger partial charge in [-0.25, -0.2) is 0 Å². The molecule has 0 unspecified atom stereocenters. The summed E-state index contributed by atoms with van der Waals surface area (Å²) >= 11 is 0. The van der Waals surface area contributed by atoms with E-state index in [1.807, 2.05) is 26.0 Å². The molecular weight excluding hydrogens is 218 g/mol. The molecule has 1 aliphatic carbocycles. The number of likely N-dealkylation sites (tertiary alicyclic amines) is 1. The fourth-order valence-electron chi connectivity index (χ4n) is 3.07. The average molecular weight is 237 g/mol. The van der Waals surface area contributed by atoms with Crippen molar-refractivity contribution in [2.45, 2.75) is 20.3 Å². The van der Waals surface area contributed by atoms with Gasteiger partial charge in [0.1, 0.15) is 0 Å². The predicted molar refractivity (Wildman–Crippen MR) is 62.9 cm³/mol. The number of hydrogen-bond acceptors (Lipinski definition) is 3. The second-order valence-electron chi connectivity index (χ2n) is 4.89. The van der Waals surface area contributed by atoms with Gasteiger partial charge < -0.3 is 5.11 Å². The van der Waals surface area contributed by atoms with E-state index in [1.165, 1.54) is 4.90 Å². The fourth-order valence-corrected chi connectivity index (χ4v) is 3.07. The Balaban J connectivity index is 2.33. The SMILES string of the molecule is CCN1C(=O)[C@@H]2[C@H](C1=O)[C@H](CCO)C=C[C@@H]2C. The van der Waals surface area contributed by atoms with E-state index in [9.17, 15) is 9.59 Å². The predicted octanol–water partition coefficient (Wildman–Crippen LogP) is 0.812. The molecule has 4 nitrogen and oxygen atoms in total. The number of rotatable bonds is 3. The fraction of sp³-hybridized carbons (Fsp3) is 0.692. The van der Waals surface area contributed by atoms with Crippen LogP contribution in [0.2, 0.25) is 0 Å². The number of aliphatic hydroxyl groups excluding tert-OH is 1. The molecule has 1 saturated heterocycles. The first-order valence-corrected chi connectivity index (χ1v) is 6.26. The Bertz CT molecular complexity index is 364. The van der Waals surface area contributed by atoms with Crippen LogP contribution in [0.15, 0.2) is 12.2 Å². The quantitative estimate of drug-likeness (QED) is 0.584.